The van der Waals surface area contributed by atoms with Gasteiger partial charge in [0.15, 0.2) is 0 Å². The van der Waals surface area contributed by atoms with E-state index in [2.05, 4.69) is 56.5 Å². The first-order valence-electron chi connectivity index (χ1n) is 12.4. The maximum Gasteiger partial charge on any atom is 0.236 e. The van der Waals surface area contributed by atoms with Crippen molar-refractivity contribution in [1.82, 2.24) is 16.2 Å². The largest absolute Gasteiger partial charge is 0.400 e. The maximum atomic E-state index is 9.80. The van der Waals surface area contributed by atoms with Crippen molar-refractivity contribution >= 4 is 26.1 Å². The van der Waals surface area contributed by atoms with Crippen LogP contribution in [0.1, 0.15) is 122 Å². The smallest absolute Gasteiger partial charge is 0.236 e. The van der Waals surface area contributed by atoms with Gasteiger partial charge in [0, 0.05) is 38.4 Å². The Morgan fingerprint density at radius 2 is 0.788 bits per heavy atom. The molecule has 0 fully saturated rings. The minimum absolute atomic E-state index is 0. The highest BCUT2D eigenvalue weighted by atomic mass is 16.6. The second-order valence-corrected chi connectivity index (χ2v) is 2.02. The van der Waals surface area contributed by atoms with E-state index in [-0.39, 0.29) is 10.2 Å². The second kappa shape index (κ2) is 392. The topological polar surface area (TPSA) is 99.5 Å². The van der Waals surface area contributed by atoms with Crippen LogP contribution in [-0.2, 0) is 9.63 Å². The molecule has 220 valence electrons. The summed E-state index contributed by atoms with van der Waals surface area (Å²) in [6.45, 7) is 42.5. The lowest BCUT2D eigenvalue weighted by atomic mass is 10.8. The standard InChI is InChI=1S/C3H6N2O.C2H6N2.C2H5NO.C2H7N.8C2H6.3H2/c1-3(6)5-4-2;2*1-3-4-2;1-3-2;8*1-2;;;/h2H2,1H3,(H,5,6);4H,1H2,2H3;1H2,2H3;3H,1-2H3;8*1-2H3;3*1H. The summed E-state index contributed by atoms with van der Waals surface area (Å²) in [4.78, 5) is 13.9. The van der Waals surface area contributed by atoms with Crippen LogP contribution in [0.25, 0.3) is 0 Å². The first kappa shape index (κ1) is 77.3. The highest BCUT2D eigenvalue weighted by molar-refractivity contribution is 5.72. The molecule has 1 amide bonds. The van der Waals surface area contributed by atoms with Crippen molar-refractivity contribution in [2.45, 2.75) is 118 Å². The molecule has 0 aromatic rings. The van der Waals surface area contributed by atoms with Gasteiger partial charge in [-0.1, -0.05) is 111 Å². The molecule has 0 spiro atoms. The van der Waals surface area contributed by atoms with Crippen LogP contribution in [-0.4, -0.2) is 54.3 Å². The fraction of sp³-hybridized carbons (Fsp3) is 0.840. The van der Waals surface area contributed by atoms with Gasteiger partial charge >= 0.3 is 0 Å². The molecule has 0 heterocycles. The van der Waals surface area contributed by atoms with E-state index in [1.54, 1.807) is 7.05 Å². The molecule has 0 saturated carbocycles. The van der Waals surface area contributed by atoms with Crippen LogP contribution in [0.15, 0.2) is 15.4 Å². The summed E-state index contributed by atoms with van der Waals surface area (Å²) in [5.41, 5.74) is 4.53. The predicted molar refractivity (Wildman–Crippen MR) is 171 cm³/mol. The molecule has 3 N–H and O–H groups in total. The molecule has 0 aliphatic heterocycles. The molecular formula is C25H78N6O2. The predicted octanol–water partition coefficient (Wildman–Crippen LogP) is 8.59. The van der Waals surface area contributed by atoms with E-state index in [1.807, 2.05) is 125 Å². The van der Waals surface area contributed by atoms with Crippen LogP contribution in [0.4, 0.5) is 0 Å². The number of carbonyl (C=O) groups is 1. The van der Waals surface area contributed by atoms with Gasteiger partial charge in [0.25, 0.3) is 0 Å². The van der Waals surface area contributed by atoms with E-state index in [1.165, 1.54) is 14.0 Å². The van der Waals surface area contributed by atoms with Crippen molar-refractivity contribution < 1.29 is 13.9 Å². The van der Waals surface area contributed by atoms with Crippen molar-refractivity contribution in [2.24, 2.45) is 15.4 Å². The summed E-state index contributed by atoms with van der Waals surface area (Å²) < 4.78 is 0. The Morgan fingerprint density at radius 1 is 0.636 bits per heavy atom. The number of nitrogens with one attached hydrogen (secondary N) is 3. The SMILES string of the molecule is C=NNC.C=NNC(C)=O.C=NOC.CC.CC.CC.CC.CC.CC.CC.CC.CNC.[HH].[HH].[HH]. The first-order valence-corrected chi connectivity index (χ1v) is 12.4. The lowest BCUT2D eigenvalue weighted by Crippen LogP contribution is -2.10. The monoisotopic (exact) mass is 495 g/mol. The first-order chi connectivity index (χ1) is 16.0. The van der Waals surface area contributed by atoms with Gasteiger partial charge in [0.1, 0.15) is 7.11 Å². The van der Waals surface area contributed by atoms with Gasteiger partial charge in [-0.15, -0.1) is 5.16 Å². The summed E-state index contributed by atoms with van der Waals surface area (Å²) in [5.74, 6) is -0.190. The Hall–Kier alpha value is -1.96. The van der Waals surface area contributed by atoms with E-state index in [4.69, 9.17) is 0 Å². The molecule has 8 nitrogen and oxygen atoms in total. The summed E-state index contributed by atoms with van der Waals surface area (Å²) in [7, 11) is 6.90. The molecule has 0 bridgehead atoms. The minimum atomic E-state index is -0.190. The molecule has 0 unspecified atom stereocenters. The van der Waals surface area contributed by atoms with Gasteiger partial charge in [-0.25, -0.2) is 5.43 Å². The van der Waals surface area contributed by atoms with Crippen LogP contribution < -0.4 is 16.2 Å². The average Bonchev–Trinajstić information content (AvgIpc) is 2.94. The molecule has 0 radical (unpaired) electrons. The number of amides is 1. The number of hydrogen-bond acceptors (Lipinski definition) is 7. The van der Waals surface area contributed by atoms with Crippen LogP contribution in [0.3, 0.4) is 0 Å². The fourth-order valence-corrected chi connectivity index (χ4v) is 0.111. The summed E-state index contributed by atoms with van der Waals surface area (Å²) in [6.07, 6.45) is 0. The van der Waals surface area contributed by atoms with Crippen LogP contribution in [0, 0.1) is 0 Å². The molecule has 0 aliphatic rings. The van der Waals surface area contributed by atoms with Crippen molar-refractivity contribution in [3.8, 4) is 0 Å². The molecule has 0 aromatic heterocycles. The Morgan fingerprint density at radius 3 is 0.788 bits per heavy atom. The van der Waals surface area contributed by atoms with E-state index < -0.39 is 0 Å². The Labute approximate surface area is 218 Å². The molecule has 0 saturated heterocycles. The van der Waals surface area contributed by atoms with Crippen molar-refractivity contribution in [3.63, 3.8) is 0 Å². The zero-order valence-electron chi connectivity index (χ0n) is 27.3. The minimum Gasteiger partial charge on any atom is -0.400 e. The zero-order chi connectivity index (χ0) is 30.5. The van der Waals surface area contributed by atoms with Gasteiger partial charge in [0.2, 0.25) is 5.91 Å². The maximum absolute atomic E-state index is 9.80. The van der Waals surface area contributed by atoms with Crippen LogP contribution in [0.5, 0.6) is 0 Å². The summed E-state index contributed by atoms with van der Waals surface area (Å²) in [5, 5.41) is 12.1. The van der Waals surface area contributed by atoms with E-state index in [9.17, 15) is 4.79 Å². The highest BCUT2D eigenvalue weighted by Crippen LogP contribution is 1.53. The Bertz CT molecular complexity index is 191. The molecule has 8 heteroatoms. The molecule has 0 atom stereocenters. The van der Waals surface area contributed by atoms with Gasteiger partial charge in [0.05, 0.1) is 0 Å². The lowest BCUT2D eigenvalue weighted by molar-refractivity contribution is -0.118. The molecule has 0 aromatic carbocycles. The number of nitrogens with zero attached hydrogens (tertiary/aromatic N) is 3. The van der Waals surface area contributed by atoms with Gasteiger partial charge < -0.3 is 15.6 Å². The Balaban J connectivity index is -0.0000000105. The van der Waals surface area contributed by atoms with E-state index in [0.29, 0.717) is 0 Å². The molecular weight excluding hydrogens is 416 g/mol. The second-order valence-electron chi connectivity index (χ2n) is 2.02. The number of oxime groups is 1. The third-order valence-electron chi connectivity index (χ3n) is 0.524. The summed E-state index contributed by atoms with van der Waals surface area (Å²) in [6, 6.07) is 0. The highest BCUT2D eigenvalue weighted by Gasteiger charge is 1.77. The van der Waals surface area contributed by atoms with Gasteiger partial charge in [-0.3, -0.25) is 4.79 Å². The molecule has 33 heavy (non-hydrogen) atoms. The normalized spacial score (nSPS) is 4.52. The van der Waals surface area contributed by atoms with Crippen molar-refractivity contribution in [2.75, 3.05) is 28.3 Å². The summed E-state index contributed by atoms with van der Waals surface area (Å²) >= 11 is 0. The lowest BCUT2D eigenvalue weighted by Gasteiger charge is -1.82. The van der Waals surface area contributed by atoms with Gasteiger partial charge in [-0.2, -0.15) is 10.2 Å². The third kappa shape index (κ3) is 2560. The molecule has 0 rings (SSSR count). The van der Waals surface area contributed by atoms with Crippen LogP contribution >= 0.6 is 0 Å². The fourth-order valence-electron chi connectivity index (χ4n) is 0.111. The number of hydrazone groups is 2. The third-order valence-corrected chi connectivity index (χ3v) is 0.524. The zero-order valence-corrected chi connectivity index (χ0v) is 27.3. The van der Waals surface area contributed by atoms with Crippen molar-refractivity contribution in [1.29, 1.82) is 0 Å². The van der Waals surface area contributed by atoms with E-state index >= 15 is 0 Å². The van der Waals surface area contributed by atoms with E-state index in [0.717, 1.165) is 0 Å². The number of hydrogen-bond donors (Lipinski definition) is 3. The quantitative estimate of drug-likeness (QED) is 0.270. The molecule has 0 aliphatic carbocycles. The van der Waals surface area contributed by atoms with Gasteiger partial charge in [-0.05, 0) is 14.1 Å². The Kier molecular flexibility index (Phi) is 918. The van der Waals surface area contributed by atoms with Crippen LogP contribution in [0.2, 0.25) is 0 Å². The number of rotatable bonds is 3. The number of carbonyl (C=O) groups excluding carboxylic acids is 1. The average molecular weight is 495 g/mol. The van der Waals surface area contributed by atoms with Crippen molar-refractivity contribution in [3.05, 3.63) is 0 Å².